The van der Waals surface area contributed by atoms with Crippen molar-refractivity contribution in [2.24, 2.45) is 28.2 Å². The van der Waals surface area contributed by atoms with E-state index in [1.165, 1.54) is 46.5 Å². The topological polar surface area (TPSA) is 113 Å². The molecular weight excluding hydrogens is 668 g/mol. The van der Waals surface area contributed by atoms with E-state index in [1.54, 1.807) is 31.2 Å². The van der Waals surface area contributed by atoms with E-state index in [2.05, 4.69) is 15.9 Å². The molecule has 0 aliphatic heterocycles. The molecule has 0 unspecified atom stereocenters. The van der Waals surface area contributed by atoms with Crippen molar-refractivity contribution < 1.29 is 19.7 Å². The summed E-state index contributed by atoms with van der Waals surface area (Å²) in [4.78, 5) is 27.4. The standard InChI is InChI=1S/C28H28BrClN4O6S2/c1-6-39-18-12-15(11-17(29)22(18)40-13-14-7-9-16(30)10-8-14)19(20-23(35)31(2)27(41)32(3)24(20)36)21-25(37)33(4)28(42)34(5)26(21)38/h7-12,19,35,37H,6,13H2,1-5H3. The number of nitrogens with zero attached hydrogens (tertiary/aromatic N) is 4. The Labute approximate surface area is 264 Å². The first-order valence-corrected chi connectivity index (χ1v) is 14.6. The molecule has 10 nitrogen and oxygen atoms in total. The molecule has 2 heterocycles. The van der Waals surface area contributed by atoms with Crippen LogP contribution in [0.15, 0.2) is 50.5 Å². The van der Waals surface area contributed by atoms with E-state index in [0.717, 1.165) is 5.56 Å². The Hall–Kier alpha value is -3.39. The molecule has 4 rings (SSSR count). The van der Waals surface area contributed by atoms with Crippen molar-refractivity contribution in [2.45, 2.75) is 19.4 Å². The van der Waals surface area contributed by atoms with Crippen LogP contribution in [-0.2, 0) is 34.8 Å². The lowest BCUT2D eigenvalue weighted by Crippen LogP contribution is -2.33. The number of hydrogen-bond acceptors (Lipinski definition) is 8. The minimum Gasteiger partial charge on any atom is -0.494 e. The lowest BCUT2D eigenvalue weighted by Gasteiger charge is -2.24. The summed E-state index contributed by atoms with van der Waals surface area (Å²) in [5.74, 6) is -1.51. The summed E-state index contributed by atoms with van der Waals surface area (Å²) < 4.78 is 17.5. The summed E-state index contributed by atoms with van der Waals surface area (Å²) >= 11 is 20.2. The lowest BCUT2D eigenvalue weighted by atomic mass is 9.86. The summed E-state index contributed by atoms with van der Waals surface area (Å²) in [5.41, 5.74) is -0.443. The average Bonchev–Trinajstić information content (AvgIpc) is 2.96. The van der Waals surface area contributed by atoms with Gasteiger partial charge in [0, 0.05) is 33.2 Å². The zero-order valence-corrected chi connectivity index (χ0v) is 27.3. The Morgan fingerprint density at radius 1 is 0.857 bits per heavy atom. The van der Waals surface area contributed by atoms with Crippen molar-refractivity contribution in [2.75, 3.05) is 6.61 Å². The van der Waals surface area contributed by atoms with Crippen molar-refractivity contribution in [3.05, 3.63) is 98.4 Å². The van der Waals surface area contributed by atoms with Gasteiger partial charge in [-0.25, -0.2) is 0 Å². The van der Waals surface area contributed by atoms with Crippen molar-refractivity contribution >= 4 is 52.0 Å². The largest absolute Gasteiger partial charge is 0.494 e. The van der Waals surface area contributed by atoms with E-state index in [4.69, 9.17) is 45.5 Å². The third-order valence-corrected chi connectivity index (χ3v) is 8.81. The van der Waals surface area contributed by atoms with Crippen molar-refractivity contribution in [3.63, 3.8) is 0 Å². The van der Waals surface area contributed by atoms with Crippen LogP contribution in [0.3, 0.4) is 0 Å². The van der Waals surface area contributed by atoms with Gasteiger partial charge in [-0.15, -0.1) is 0 Å². The summed E-state index contributed by atoms with van der Waals surface area (Å²) in [6, 6.07) is 10.4. The molecule has 2 N–H and O–H groups in total. The predicted octanol–water partition coefficient (Wildman–Crippen LogP) is 5.20. The minimum atomic E-state index is -1.27. The third kappa shape index (κ3) is 5.65. The molecule has 0 bridgehead atoms. The first-order valence-electron chi connectivity index (χ1n) is 12.6. The fourth-order valence-corrected chi connectivity index (χ4v) is 5.63. The van der Waals surface area contributed by atoms with Gasteiger partial charge in [0.25, 0.3) is 11.1 Å². The maximum atomic E-state index is 13.7. The highest BCUT2D eigenvalue weighted by atomic mass is 79.9. The van der Waals surface area contributed by atoms with Crippen LogP contribution in [0, 0.1) is 9.54 Å². The van der Waals surface area contributed by atoms with Crippen molar-refractivity contribution in [1.29, 1.82) is 0 Å². The summed E-state index contributed by atoms with van der Waals surface area (Å²) in [6.45, 7) is 2.28. The first kappa shape index (κ1) is 31.5. The zero-order chi connectivity index (χ0) is 31.0. The van der Waals surface area contributed by atoms with Gasteiger partial charge in [0.1, 0.15) is 6.61 Å². The maximum absolute atomic E-state index is 13.7. The van der Waals surface area contributed by atoms with Crippen molar-refractivity contribution in [1.82, 2.24) is 18.3 Å². The average molecular weight is 696 g/mol. The first-order chi connectivity index (χ1) is 19.8. The number of benzene rings is 2. The second-order valence-corrected chi connectivity index (χ2v) is 11.5. The van der Waals surface area contributed by atoms with Gasteiger partial charge in [0.15, 0.2) is 21.0 Å². The van der Waals surface area contributed by atoms with Gasteiger partial charge >= 0.3 is 0 Å². The van der Waals surface area contributed by atoms with Crippen LogP contribution < -0.4 is 20.6 Å². The second-order valence-electron chi connectivity index (χ2n) is 9.50. The molecule has 0 amide bonds. The highest BCUT2D eigenvalue weighted by molar-refractivity contribution is 9.10. The Balaban J connectivity index is 2.04. The monoisotopic (exact) mass is 694 g/mol. The Kier molecular flexibility index (Phi) is 9.36. The van der Waals surface area contributed by atoms with Crippen LogP contribution in [0.1, 0.15) is 35.1 Å². The molecular formula is C28H28BrClN4O6S2. The molecule has 0 radical (unpaired) electrons. The van der Waals surface area contributed by atoms with Crippen molar-refractivity contribution in [3.8, 4) is 23.3 Å². The summed E-state index contributed by atoms with van der Waals surface area (Å²) in [5, 5.41) is 23.1. The number of aromatic nitrogens is 4. The van der Waals surface area contributed by atoms with Crippen LogP contribution in [0.5, 0.6) is 23.3 Å². The van der Waals surface area contributed by atoms with Crippen LogP contribution in [0.4, 0.5) is 0 Å². The SMILES string of the molecule is CCOc1cc(C(c2c(O)n(C)c(=S)n(C)c2=O)c2c(O)n(C)c(=S)n(C)c2=O)cc(Br)c1OCc1ccc(Cl)cc1. The van der Waals surface area contributed by atoms with Gasteiger partial charge < -0.3 is 19.7 Å². The highest BCUT2D eigenvalue weighted by Gasteiger charge is 2.33. The Morgan fingerprint density at radius 3 is 1.83 bits per heavy atom. The van der Waals surface area contributed by atoms with Crippen LogP contribution in [0.25, 0.3) is 0 Å². The Bertz CT molecular complexity index is 1850. The number of rotatable bonds is 8. The molecule has 0 atom stereocenters. The Morgan fingerprint density at radius 2 is 1.36 bits per heavy atom. The highest BCUT2D eigenvalue weighted by Crippen LogP contribution is 2.44. The van der Waals surface area contributed by atoms with Gasteiger partial charge in [0.2, 0.25) is 11.8 Å². The number of hydrogen-bond donors (Lipinski definition) is 2. The third-order valence-electron chi connectivity index (χ3n) is 6.87. The summed E-state index contributed by atoms with van der Waals surface area (Å²) in [7, 11) is 5.92. The molecule has 0 saturated heterocycles. The van der Waals surface area contributed by atoms with E-state index >= 15 is 0 Å². The predicted molar refractivity (Wildman–Crippen MR) is 168 cm³/mol. The molecule has 2 aromatic carbocycles. The van der Waals surface area contributed by atoms with Crippen LogP contribution in [-0.4, -0.2) is 35.1 Å². The second kappa shape index (κ2) is 12.5. The molecule has 2 aromatic heterocycles. The molecule has 14 heteroatoms. The van der Waals surface area contributed by atoms with E-state index in [0.29, 0.717) is 26.6 Å². The minimum absolute atomic E-state index is 0.0609. The van der Waals surface area contributed by atoms with Gasteiger partial charge in [-0.05, 0) is 82.7 Å². The number of ether oxygens (including phenoxy) is 2. The number of halogens is 2. The van der Waals surface area contributed by atoms with Crippen LogP contribution in [0.2, 0.25) is 5.02 Å². The quantitative estimate of drug-likeness (QED) is 0.242. The smallest absolute Gasteiger partial charge is 0.262 e. The lowest BCUT2D eigenvalue weighted by molar-refractivity contribution is 0.267. The maximum Gasteiger partial charge on any atom is 0.262 e. The van der Waals surface area contributed by atoms with Crippen LogP contribution >= 0.6 is 52.0 Å². The summed E-state index contributed by atoms with van der Waals surface area (Å²) in [6.07, 6.45) is 0. The zero-order valence-electron chi connectivity index (χ0n) is 23.3. The molecule has 0 aliphatic carbocycles. The number of aromatic hydroxyl groups is 2. The molecule has 0 spiro atoms. The molecule has 0 fully saturated rings. The van der Waals surface area contributed by atoms with E-state index in [9.17, 15) is 19.8 Å². The molecule has 42 heavy (non-hydrogen) atoms. The van der Waals surface area contributed by atoms with Gasteiger partial charge in [-0.1, -0.05) is 23.7 Å². The molecule has 4 aromatic rings. The van der Waals surface area contributed by atoms with E-state index in [1.807, 2.05) is 12.1 Å². The molecule has 222 valence electrons. The fraction of sp³-hybridized carbons (Fsp3) is 0.286. The van der Waals surface area contributed by atoms with E-state index < -0.39 is 28.8 Å². The van der Waals surface area contributed by atoms with E-state index in [-0.39, 0.29) is 33.9 Å². The van der Waals surface area contributed by atoms with Gasteiger partial charge in [-0.3, -0.25) is 27.9 Å². The molecule has 0 saturated carbocycles. The van der Waals surface area contributed by atoms with Gasteiger partial charge in [-0.2, -0.15) is 0 Å². The fourth-order valence-electron chi connectivity index (χ4n) is 4.60. The normalized spacial score (nSPS) is 11.2. The molecule has 0 aliphatic rings. The van der Waals surface area contributed by atoms with Gasteiger partial charge in [0.05, 0.1) is 28.1 Å².